The molecule has 0 unspecified atom stereocenters. The molecule has 2 heterocycles. The largest absolute Gasteiger partial charge is 0.303 e. The predicted octanol–water partition coefficient (Wildman–Crippen LogP) is 3.60. The van der Waals surface area contributed by atoms with Crippen LogP contribution in [0.5, 0.6) is 0 Å². The van der Waals surface area contributed by atoms with Gasteiger partial charge in [0.15, 0.2) is 0 Å². The highest BCUT2D eigenvalue weighted by Gasteiger charge is 2.09. The van der Waals surface area contributed by atoms with E-state index in [2.05, 4.69) is 33.1 Å². The van der Waals surface area contributed by atoms with Crippen LogP contribution in [-0.4, -0.2) is 40.3 Å². The van der Waals surface area contributed by atoms with Crippen LogP contribution in [0.25, 0.3) is 10.9 Å². The minimum Gasteiger partial charge on any atom is -0.303 e. The summed E-state index contributed by atoms with van der Waals surface area (Å²) in [5.74, 6) is 1.14. The highest BCUT2D eigenvalue weighted by molar-refractivity contribution is 7.99. The molecule has 1 aliphatic heterocycles. The van der Waals surface area contributed by atoms with Crippen molar-refractivity contribution < 1.29 is 0 Å². The molecule has 0 radical (unpaired) electrons. The molecule has 0 saturated carbocycles. The van der Waals surface area contributed by atoms with Gasteiger partial charge in [-0.2, -0.15) is 0 Å². The zero-order valence-electron chi connectivity index (χ0n) is 11.8. The Kier molecular flexibility index (Phi) is 4.87. The molecule has 0 bridgehead atoms. The molecule has 0 spiro atoms. The van der Waals surface area contributed by atoms with E-state index in [9.17, 15) is 0 Å². The van der Waals surface area contributed by atoms with Gasteiger partial charge in [-0.1, -0.05) is 24.6 Å². The van der Waals surface area contributed by atoms with Crippen molar-refractivity contribution in [3.05, 3.63) is 30.6 Å². The second-order valence-electron chi connectivity index (χ2n) is 5.30. The summed E-state index contributed by atoms with van der Waals surface area (Å²) in [5, 5.41) is 2.30. The number of nitrogens with zero attached hydrogens (tertiary/aromatic N) is 3. The van der Waals surface area contributed by atoms with E-state index in [0.717, 1.165) is 16.3 Å². The summed E-state index contributed by atoms with van der Waals surface area (Å²) in [6.07, 6.45) is 7.09. The van der Waals surface area contributed by atoms with E-state index in [1.807, 2.05) is 17.8 Å². The molecule has 1 aliphatic rings. The fourth-order valence-electron chi connectivity index (χ4n) is 2.74. The average molecular weight is 287 g/mol. The molecule has 4 heteroatoms. The van der Waals surface area contributed by atoms with Gasteiger partial charge in [0.1, 0.15) is 11.4 Å². The summed E-state index contributed by atoms with van der Waals surface area (Å²) < 4.78 is 0. The number of benzene rings is 1. The maximum absolute atomic E-state index is 4.43. The van der Waals surface area contributed by atoms with Gasteiger partial charge < -0.3 is 4.90 Å². The normalized spacial score (nSPS) is 16.6. The summed E-state index contributed by atoms with van der Waals surface area (Å²) >= 11 is 1.86. The topological polar surface area (TPSA) is 29.0 Å². The first kappa shape index (κ1) is 13.8. The highest BCUT2D eigenvalue weighted by Crippen LogP contribution is 2.24. The van der Waals surface area contributed by atoms with Gasteiger partial charge >= 0.3 is 0 Å². The van der Waals surface area contributed by atoms with Crippen molar-refractivity contribution in [1.29, 1.82) is 0 Å². The highest BCUT2D eigenvalue weighted by atomic mass is 32.2. The quantitative estimate of drug-likeness (QED) is 0.477. The molecule has 0 aliphatic carbocycles. The number of hydrogen-bond acceptors (Lipinski definition) is 4. The summed E-state index contributed by atoms with van der Waals surface area (Å²) in [6.45, 7) is 3.82. The van der Waals surface area contributed by atoms with E-state index < -0.39 is 0 Å². The Morgan fingerprint density at radius 1 is 1.05 bits per heavy atom. The SMILES string of the molecule is c1ccc2c(SCCCN3CCCCC3)ncnc2c1. The molecular formula is C16H21N3S. The van der Waals surface area contributed by atoms with Crippen molar-refractivity contribution >= 4 is 22.7 Å². The Morgan fingerprint density at radius 3 is 2.80 bits per heavy atom. The first-order chi connectivity index (χ1) is 9.93. The minimum atomic E-state index is 1.04. The number of hydrogen-bond donors (Lipinski definition) is 0. The molecule has 3 rings (SSSR count). The van der Waals surface area contributed by atoms with E-state index in [1.165, 1.54) is 50.7 Å². The fourth-order valence-corrected chi connectivity index (χ4v) is 3.65. The summed E-state index contributed by atoms with van der Waals surface area (Å²) in [7, 11) is 0. The van der Waals surface area contributed by atoms with Crippen LogP contribution in [-0.2, 0) is 0 Å². The second kappa shape index (κ2) is 7.04. The Morgan fingerprint density at radius 2 is 1.90 bits per heavy atom. The van der Waals surface area contributed by atoms with Crippen molar-refractivity contribution in [3.8, 4) is 0 Å². The zero-order chi connectivity index (χ0) is 13.6. The monoisotopic (exact) mass is 287 g/mol. The van der Waals surface area contributed by atoms with Crippen LogP contribution in [0.3, 0.4) is 0 Å². The lowest BCUT2D eigenvalue weighted by Gasteiger charge is -2.26. The predicted molar refractivity (Wildman–Crippen MR) is 85.2 cm³/mol. The molecule has 0 N–H and O–H groups in total. The smallest absolute Gasteiger partial charge is 0.117 e. The Labute approximate surface area is 124 Å². The maximum atomic E-state index is 4.43. The van der Waals surface area contributed by atoms with E-state index >= 15 is 0 Å². The standard InChI is InChI=1S/C16H21N3S/c1-4-9-19(10-5-1)11-6-12-20-16-14-7-2-3-8-15(14)17-13-18-16/h2-3,7-8,13H,1,4-6,9-12H2. The summed E-state index contributed by atoms with van der Waals surface area (Å²) in [4.78, 5) is 11.3. The van der Waals surface area contributed by atoms with Crippen LogP contribution >= 0.6 is 11.8 Å². The van der Waals surface area contributed by atoms with Crippen LogP contribution in [0.15, 0.2) is 35.6 Å². The fraction of sp³-hybridized carbons (Fsp3) is 0.500. The van der Waals surface area contributed by atoms with Crippen LogP contribution in [0.4, 0.5) is 0 Å². The average Bonchev–Trinajstić information content (AvgIpc) is 2.53. The molecule has 20 heavy (non-hydrogen) atoms. The zero-order valence-corrected chi connectivity index (χ0v) is 12.6. The van der Waals surface area contributed by atoms with Gasteiger partial charge in [0.05, 0.1) is 5.52 Å². The van der Waals surface area contributed by atoms with Crippen LogP contribution in [0, 0.1) is 0 Å². The van der Waals surface area contributed by atoms with Crippen LogP contribution in [0.1, 0.15) is 25.7 Å². The van der Waals surface area contributed by atoms with Gasteiger partial charge in [-0.25, -0.2) is 9.97 Å². The minimum absolute atomic E-state index is 1.04. The lowest BCUT2D eigenvalue weighted by molar-refractivity contribution is 0.230. The number of thioether (sulfide) groups is 1. The molecule has 0 atom stereocenters. The lowest BCUT2D eigenvalue weighted by Crippen LogP contribution is -2.30. The van der Waals surface area contributed by atoms with E-state index in [-0.39, 0.29) is 0 Å². The molecule has 106 valence electrons. The lowest BCUT2D eigenvalue weighted by atomic mass is 10.1. The van der Waals surface area contributed by atoms with Crippen molar-refractivity contribution in [2.75, 3.05) is 25.4 Å². The van der Waals surface area contributed by atoms with Crippen molar-refractivity contribution in [2.45, 2.75) is 30.7 Å². The second-order valence-corrected chi connectivity index (χ2v) is 6.38. The Bertz CT molecular complexity index is 547. The number of para-hydroxylation sites is 1. The number of likely N-dealkylation sites (tertiary alicyclic amines) is 1. The van der Waals surface area contributed by atoms with Gasteiger partial charge in [-0.15, -0.1) is 11.8 Å². The Hall–Kier alpha value is -1.13. The van der Waals surface area contributed by atoms with E-state index in [1.54, 1.807) is 6.33 Å². The van der Waals surface area contributed by atoms with Crippen molar-refractivity contribution in [1.82, 2.24) is 14.9 Å². The van der Waals surface area contributed by atoms with Gasteiger partial charge in [0.25, 0.3) is 0 Å². The number of fused-ring (bicyclic) bond motifs is 1. The number of rotatable bonds is 5. The third kappa shape index (κ3) is 3.49. The van der Waals surface area contributed by atoms with E-state index in [0.29, 0.717) is 0 Å². The third-order valence-electron chi connectivity index (χ3n) is 3.81. The van der Waals surface area contributed by atoms with Gasteiger partial charge in [-0.3, -0.25) is 0 Å². The molecule has 2 aromatic rings. The summed E-state index contributed by atoms with van der Waals surface area (Å²) in [5.41, 5.74) is 1.04. The van der Waals surface area contributed by atoms with Crippen LogP contribution < -0.4 is 0 Å². The molecule has 3 nitrogen and oxygen atoms in total. The molecule has 1 fully saturated rings. The first-order valence-electron chi connectivity index (χ1n) is 7.48. The van der Waals surface area contributed by atoms with Crippen LogP contribution in [0.2, 0.25) is 0 Å². The molecule has 1 aromatic carbocycles. The Balaban J connectivity index is 1.52. The molecule has 0 amide bonds. The van der Waals surface area contributed by atoms with Crippen molar-refractivity contribution in [3.63, 3.8) is 0 Å². The number of aromatic nitrogens is 2. The van der Waals surface area contributed by atoms with E-state index in [4.69, 9.17) is 0 Å². The van der Waals surface area contributed by atoms with Gasteiger partial charge in [0.2, 0.25) is 0 Å². The third-order valence-corrected chi connectivity index (χ3v) is 4.90. The first-order valence-corrected chi connectivity index (χ1v) is 8.47. The van der Waals surface area contributed by atoms with Crippen molar-refractivity contribution in [2.24, 2.45) is 0 Å². The molecule has 1 saturated heterocycles. The summed E-state index contributed by atoms with van der Waals surface area (Å²) in [6, 6.07) is 8.25. The molecular weight excluding hydrogens is 266 g/mol. The maximum Gasteiger partial charge on any atom is 0.117 e. The number of piperidine rings is 1. The molecule has 1 aromatic heterocycles. The van der Waals surface area contributed by atoms with Gasteiger partial charge in [0, 0.05) is 11.1 Å². The van der Waals surface area contributed by atoms with Gasteiger partial charge in [-0.05, 0) is 45.0 Å².